The van der Waals surface area contributed by atoms with Crippen LogP contribution >= 0.6 is 0 Å². The third-order valence-corrected chi connectivity index (χ3v) is 7.49. The van der Waals surface area contributed by atoms with Crippen LogP contribution in [0.1, 0.15) is 27.2 Å². The SMILES string of the molecule is Cc1ccc(C(=O)Nc2cc(N3CCN(c4ccncc4)CC3)cc(C(F)(F)F)c2)cc1-n1cc(-c2cn[nH]c2C)nn1. The van der Waals surface area contributed by atoms with Gasteiger partial charge >= 0.3 is 6.18 Å². The number of benzene rings is 2. The van der Waals surface area contributed by atoms with Gasteiger partial charge in [-0.25, -0.2) is 4.68 Å². The monoisotopic (exact) mass is 587 g/mol. The van der Waals surface area contributed by atoms with Gasteiger partial charge in [0.05, 0.1) is 23.6 Å². The van der Waals surface area contributed by atoms with Gasteiger partial charge in [-0.3, -0.25) is 14.9 Å². The van der Waals surface area contributed by atoms with Gasteiger partial charge in [0.25, 0.3) is 5.91 Å². The van der Waals surface area contributed by atoms with E-state index < -0.39 is 17.6 Å². The summed E-state index contributed by atoms with van der Waals surface area (Å²) in [7, 11) is 0. The van der Waals surface area contributed by atoms with Crippen molar-refractivity contribution in [2.24, 2.45) is 0 Å². The molecule has 1 fully saturated rings. The number of hydrogen-bond acceptors (Lipinski definition) is 7. The van der Waals surface area contributed by atoms with Gasteiger partial charge in [-0.15, -0.1) is 5.10 Å². The van der Waals surface area contributed by atoms with E-state index in [2.05, 4.69) is 35.7 Å². The molecule has 1 saturated heterocycles. The number of amides is 1. The van der Waals surface area contributed by atoms with Crippen LogP contribution in [0.4, 0.5) is 30.2 Å². The van der Waals surface area contributed by atoms with Crippen LogP contribution in [0, 0.1) is 13.8 Å². The van der Waals surface area contributed by atoms with Crippen molar-refractivity contribution >= 4 is 23.0 Å². The van der Waals surface area contributed by atoms with Crippen molar-refractivity contribution in [2.45, 2.75) is 20.0 Å². The molecule has 13 heteroatoms. The van der Waals surface area contributed by atoms with Gasteiger partial charge in [0.15, 0.2) is 0 Å². The van der Waals surface area contributed by atoms with E-state index in [-0.39, 0.29) is 11.3 Å². The maximum atomic E-state index is 13.9. The third-order valence-electron chi connectivity index (χ3n) is 7.49. The molecule has 0 unspecified atom stereocenters. The first kappa shape index (κ1) is 27.9. The molecular weight excluding hydrogens is 559 g/mol. The highest BCUT2D eigenvalue weighted by atomic mass is 19.4. The molecule has 1 aliphatic rings. The fraction of sp³-hybridized carbons (Fsp3) is 0.233. The number of pyridine rings is 1. The second-order valence-electron chi connectivity index (χ2n) is 10.4. The minimum absolute atomic E-state index is 0.0620. The maximum Gasteiger partial charge on any atom is 0.416 e. The second kappa shape index (κ2) is 11.2. The van der Waals surface area contributed by atoms with Crippen LogP contribution in [0.2, 0.25) is 0 Å². The first-order chi connectivity index (χ1) is 20.7. The molecular formula is C30H28F3N9O. The van der Waals surface area contributed by atoms with Crippen LogP contribution in [0.15, 0.2) is 73.3 Å². The highest BCUT2D eigenvalue weighted by Gasteiger charge is 2.32. The van der Waals surface area contributed by atoms with E-state index in [1.807, 2.05) is 30.9 Å². The van der Waals surface area contributed by atoms with Gasteiger partial charge in [0.2, 0.25) is 0 Å². The van der Waals surface area contributed by atoms with Crippen molar-refractivity contribution in [1.29, 1.82) is 0 Å². The largest absolute Gasteiger partial charge is 0.416 e. The minimum Gasteiger partial charge on any atom is -0.368 e. The number of nitrogens with one attached hydrogen (secondary N) is 2. The molecule has 0 aliphatic carbocycles. The lowest BCUT2D eigenvalue weighted by Crippen LogP contribution is -2.46. The van der Waals surface area contributed by atoms with E-state index >= 15 is 0 Å². The third kappa shape index (κ3) is 5.92. The fourth-order valence-corrected chi connectivity index (χ4v) is 5.12. The lowest BCUT2D eigenvalue weighted by Gasteiger charge is -2.37. The molecule has 0 bridgehead atoms. The van der Waals surface area contributed by atoms with E-state index in [4.69, 9.17) is 0 Å². The highest BCUT2D eigenvalue weighted by molar-refractivity contribution is 6.05. The van der Waals surface area contributed by atoms with Crippen molar-refractivity contribution < 1.29 is 18.0 Å². The van der Waals surface area contributed by atoms with Crippen LogP contribution in [0.5, 0.6) is 0 Å². The van der Waals surface area contributed by atoms with Gasteiger partial charge in [-0.2, -0.15) is 18.3 Å². The lowest BCUT2D eigenvalue weighted by atomic mass is 10.1. The number of halogens is 3. The number of H-pyrrole nitrogens is 1. The van der Waals surface area contributed by atoms with Crippen molar-refractivity contribution in [1.82, 2.24) is 30.2 Å². The summed E-state index contributed by atoms with van der Waals surface area (Å²) in [5.41, 5.74) is 4.62. The predicted octanol–water partition coefficient (Wildman–Crippen LogP) is 5.27. The Balaban J connectivity index is 1.23. The van der Waals surface area contributed by atoms with Crippen LogP contribution in [-0.4, -0.2) is 62.3 Å². The number of aromatic nitrogens is 6. The van der Waals surface area contributed by atoms with Gasteiger partial charge in [-0.1, -0.05) is 11.3 Å². The number of aryl methyl sites for hydroxylation is 2. The normalized spacial score (nSPS) is 13.8. The Kier molecular flexibility index (Phi) is 7.30. The topological polar surface area (TPSA) is 108 Å². The van der Waals surface area contributed by atoms with Gasteiger partial charge in [0.1, 0.15) is 5.69 Å². The summed E-state index contributed by atoms with van der Waals surface area (Å²) >= 11 is 0. The summed E-state index contributed by atoms with van der Waals surface area (Å²) in [6.07, 6.45) is 2.24. The van der Waals surface area contributed by atoms with E-state index in [0.29, 0.717) is 43.2 Å². The Morgan fingerprint density at radius 2 is 1.65 bits per heavy atom. The molecule has 2 aromatic carbocycles. The van der Waals surface area contributed by atoms with E-state index in [0.717, 1.165) is 34.6 Å². The Bertz CT molecular complexity index is 1760. The van der Waals surface area contributed by atoms with E-state index in [1.165, 1.54) is 0 Å². The molecule has 0 spiro atoms. The average Bonchev–Trinajstić information content (AvgIpc) is 3.66. The number of hydrogen-bond donors (Lipinski definition) is 2. The zero-order valence-corrected chi connectivity index (χ0v) is 23.4. The summed E-state index contributed by atoms with van der Waals surface area (Å²) in [6, 6.07) is 12.5. The molecule has 1 aliphatic heterocycles. The van der Waals surface area contributed by atoms with Crippen molar-refractivity contribution in [3.8, 4) is 16.9 Å². The first-order valence-corrected chi connectivity index (χ1v) is 13.6. The molecule has 1 amide bonds. The Morgan fingerprint density at radius 1 is 0.930 bits per heavy atom. The molecule has 10 nitrogen and oxygen atoms in total. The summed E-state index contributed by atoms with van der Waals surface area (Å²) in [5, 5.41) is 18.0. The van der Waals surface area contributed by atoms with Crippen molar-refractivity contribution in [3.05, 3.63) is 95.7 Å². The smallest absolute Gasteiger partial charge is 0.368 e. The first-order valence-electron chi connectivity index (χ1n) is 13.6. The van der Waals surface area contributed by atoms with Gasteiger partial charge in [-0.05, 0) is 61.9 Å². The quantitative estimate of drug-likeness (QED) is 0.279. The standard InChI is InChI=1S/C30H28F3N9O/c1-19-3-4-21(13-28(19)42-18-27(38-39-42)26-17-35-37-20(26)2)29(43)36-23-14-22(30(31,32)33)15-25(16-23)41-11-9-40(10-12-41)24-5-7-34-8-6-24/h3-8,13-18H,9-12H2,1-2H3,(H,35,37)(H,36,43). The average molecular weight is 588 g/mol. The van der Waals surface area contributed by atoms with Crippen molar-refractivity contribution in [2.75, 3.05) is 41.3 Å². The molecule has 4 heterocycles. The van der Waals surface area contributed by atoms with Crippen LogP contribution in [0.3, 0.4) is 0 Å². The maximum absolute atomic E-state index is 13.9. The van der Waals surface area contributed by atoms with E-state index in [1.54, 1.807) is 53.7 Å². The molecule has 6 rings (SSSR count). The molecule has 0 atom stereocenters. The number of nitrogens with zero attached hydrogens (tertiary/aromatic N) is 7. The molecule has 0 radical (unpaired) electrons. The van der Waals surface area contributed by atoms with Gasteiger partial charge in [0, 0.05) is 72.5 Å². The number of anilines is 3. The minimum atomic E-state index is -4.58. The summed E-state index contributed by atoms with van der Waals surface area (Å²) < 4.78 is 43.3. The Labute approximate surface area is 245 Å². The lowest BCUT2D eigenvalue weighted by molar-refractivity contribution is -0.137. The molecule has 2 N–H and O–H groups in total. The Hall–Kier alpha value is -5.20. The molecule has 220 valence electrons. The number of rotatable bonds is 6. The van der Waals surface area contributed by atoms with Crippen molar-refractivity contribution in [3.63, 3.8) is 0 Å². The predicted molar refractivity (Wildman–Crippen MR) is 156 cm³/mol. The zero-order chi connectivity index (χ0) is 30.1. The van der Waals surface area contributed by atoms with Crippen LogP contribution in [-0.2, 0) is 6.18 Å². The summed E-state index contributed by atoms with van der Waals surface area (Å²) in [5.74, 6) is -0.542. The highest BCUT2D eigenvalue weighted by Crippen LogP contribution is 2.35. The molecule has 43 heavy (non-hydrogen) atoms. The molecule has 3 aromatic heterocycles. The number of aromatic amines is 1. The van der Waals surface area contributed by atoms with Gasteiger partial charge < -0.3 is 15.1 Å². The summed E-state index contributed by atoms with van der Waals surface area (Å²) in [6.45, 7) is 6.07. The number of alkyl halides is 3. The fourth-order valence-electron chi connectivity index (χ4n) is 5.12. The summed E-state index contributed by atoms with van der Waals surface area (Å²) in [4.78, 5) is 21.4. The Morgan fingerprint density at radius 3 is 2.33 bits per heavy atom. The van der Waals surface area contributed by atoms with Crippen LogP contribution in [0.25, 0.3) is 16.9 Å². The zero-order valence-electron chi connectivity index (χ0n) is 23.4. The van der Waals surface area contributed by atoms with E-state index in [9.17, 15) is 18.0 Å². The second-order valence-corrected chi connectivity index (χ2v) is 10.4. The number of carbonyl (C=O) groups is 1. The molecule has 5 aromatic rings. The number of carbonyl (C=O) groups excluding carboxylic acids is 1. The number of piperazine rings is 1. The molecule has 0 saturated carbocycles. The van der Waals surface area contributed by atoms with Crippen LogP contribution < -0.4 is 15.1 Å².